The number of nitrogens with one attached hydrogen (secondary N) is 1. The average molecular weight is 284 g/mol. The van der Waals surface area contributed by atoms with Gasteiger partial charge in [0.2, 0.25) is 0 Å². The summed E-state index contributed by atoms with van der Waals surface area (Å²) in [5, 5.41) is 0. The van der Waals surface area contributed by atoms with Crippen LogP contribution in [0.15, 0.2) is 33.9 Å². The molecule has 0 unspecified atom stereocenters. The van der Waals surface area contributed by atoms with Gasteiger partial charge in [-0.1, -0.05) is 12.1 Å². The topological polar surface area (TPSA) is 54.9 Å². The molecule has 1 N–H and O–H groups in total. The second-order valence-corrected chi connectivity index (χ2v) is 4.38. The first-order valence-corrected chi connectivity index (χ1v) is 5.72. The van der Waals surface area contributed by atoms with Gasteiger partial charge < -0.3 is 4.98 Å². The number of hydrogen-bond acceptors (Lipinski definition) is 2. The van der Waals surface area contributed by atoms with Crippen molar-refractivity contribution in [1.29, 1.82) is 0 Å². The molecule has 0 saturated carbocycles. The van der Waals surface area contributed by atoms with Crippen molar-refractivity contribution in [3.8, 4) is 5.69 Å². The second kappa shape index (κ2) is 4.66. The fraction of sp³-hybridized carbons (Fsp3) is 0.231. The maximum atomic E-state index is 12.5. The van der Waals surface area contributed by atoms with Crippen molar-refractivity contribution in [2.24, 2.45) is 0 Å². The number of nitrogens with zero attached hydrogens (tertiary/aromatic N) is 1. The average Bonchev–Trinajstić information content (AvgIpc) is 2.32. The molecule has 0 saturated heterocycles. The lowest BCUT2D eigenvalue weighted by molar-refractivity contribution is -0.141. The Hall–Kier alpha value is -2.31. The van der Waals surface area contributed by atoms with Gasteiger partial charge in [0.1, 0.15) is 5.69 Å². The van der Waals surface area contributed by atoms with Gasteiger partial charge in [-0.3, -0.25) is 4.79 Å². The molecule has 0 fully saturated rings. The Balaban J connectivity index is 2.75. The SMILES string of the molecule is Cc1cccc(-n2c(=O)cc(C(F)(F)F)[nH]c2=O)c1C. The number of aromatic amines is 1. The van der Waals surface area contributed by atoms with Crippen LogP contribution in [0.3, 0.4) is 0 Å². The number of rotatable bonds is 1. The van der Waals surface area contributed by atoms with Gasteiger partial charge in [-0.15, -0.1) is 0 Å². The molecule has 106 valence electrons. The normalized spacial score (nSPS) is 11.7. The number of aromatic nitrogens is 2. The van der Waals surface area contributed by atoms with Gasteiger partial charge in [-0.25, -0.2) is 9.36 Å². The van der Waals surface area contributed by atoms with E-state index in [1.54, 1.807) is 31.0 Å². The number of halogens is 3. The number of aryl methyl sites for hydroxylation is 1. The Morgan fingerprint density at radius 2 is 1.80 bits per heavy atom. The summed E-state index contributed by atoms with van der Waals surface area (Å²) >= 11 is 0. The van der Waals surface area contributed by atoms with Crippen LogP contribution in [0.4, 0.5) is 13.2 Å². The third-order valence-corrected chi connectivity index (χ3v) is 3.06. The van der Waals surface area contributed by atoms with Crippen molar-refractivity contribution in [2.75, 3.05) is 0 Å². The highest BCUT2D eigenvalue weighted by molar-refractivity contribution is 5.44. The minimum absolute atomic E-state index is 0.268. The molecule has 1 aromatic heterocycles. The summed E-state index contributed by atoms with van der Waals surface area (Å²) in [4.78, 5) is 25.3. The van der Waals surface area contributed by atoms with Crippen molar-refractivity contribution in [3.63, 3.8) is 0 Å². The zero-order valence-electron chi connectivity index (χ0n) is 10.7. The van der Waals surface area contributed by atoms with Crippen molar-refractivity contribution in [1.82, 2.24) is 9.55 Å². The maximum absolute atomic E-state index is 12.5. The van der Waals surface area contributed by atoms with Crippen LogP contribution in [0.2, 0.25) is 0 Å². The van der Waals surface area contributed by atoms with Crippen LogP contribution in [0.5, 0.6) is 0 Å². The molecule has 0 radical (unpaired) electrons. The van der Waals surface area contributed by atoms with Crippen LogP contribution in [0, 0.1) is 13.8 Å². The van der Waals surface area contributed by atoms with Crippen LogP contribution >= 0.6 is 0 Å². The summed E-state index contributed by atoms with van der Waals surface area (Å²) < 4.78 is 38.2. The molecule has 2 aromatic rings. The predicted octanol–water partition coefficient (Wildman–Crippen LogP) is 2.16. The molecule has 0 aliphatic rings. The van der Waals surface area contributed by atoms with E-state index in [4.69, 9.17) is 0 Å². The molecule has 2 rings (SSSR count). The first-order valence-electron chi connectivity index (χ1n) is 5.72. The molecule has 0 aliphatic heterocycles. The van der Waals surface area contributed by atoms with Gasteiger partial charge in [-0.05, 0) is 31.0 Å². The first kappa shape index (κ1) is 14.1. The zero-order valence-corrected chi connectivity index (χ0v) is 10.7. The largest absolute Gasteiger partial charge is 0.431 e. The van der Waals surface area contributed by atoms with Crippen molar-refractivity contribution in [3.05, 3.63) is 61.9 Å². The molecular formula is C13H11F3N2O2. The molecule has 0 spiro atoms. The van der Waals surface area contributed by atoms with E-state index in [9.17, 15) is 22.8 Å². The van der Waals surface area contributed by atoms with Crippen LogP contribution in [-0.2, 0) is 6.18 Å². The molecule has 0 atom stereocenters. The highest BCUT2D eigenvalue weighted by Crippen LogP contribution is 2.25. The summed E-state index contributed by atoms with van der Waals surface area (Å²) in [5.74, 6) is 0. The van der Waals surface area contributed by atoms with E-state index < -0.39 is 23.1 Å². The Bertz CT molecular complexity index is 741. The van der Waals surface area contributed by atoms with E-state index in [2.05, 4.69) is 0 Å². The minimum atomic E-state index is -4.76. The zero-order chi connectivity index (χ0) is 15.1. The standard InChI is InChI=1S/C13H11F3N2O2/c1-7-4-3-5-9(8(7)2)18-11(19)6-10(13(14,15)16)17-12(18)20/h3-6H,1-2H3,(H,17,20). The number of alkyl halides is 3. The Kier molecular flexibility index (Phi) is 3.29. The van der Waals surface area contributed by atoms with Gasteiger partial charge in [0.05, 0.1) is 5.69 Å². The lowest BCUT2D eigenvalue weighted by atomic mass is 10.1. The van der Waals surface area contributed by atoms with E-state index >= 15 is 0 Å². The molecule has 1 aromatic carbocycles. The minimum Gasteiger partial charge on any atom is -0.303 e. The van der Waals surface area contributed by atoms with Gasteiger partial charge in [0.25, 0.3) is 5.56 Å². The highest BCUT2D eigenvalue weighted by atomic mass is 19.4. The van der Waals surface area contributed by atoms with E-state index in [1.165, 1.54) is 6.07 Å². The van der Waals surface area contributed by atoms with Crippen molar-refractivity contribution in [2.45, 2.75) is 20.0 Å². The molecular weight excluding hydrogens is 273 g/mol. The molecule has 4 nitrogen and oxygen atoms in total. The lowest BCUT2D eigenvalue weighted by Crippen LogP contribution is -2.36. The molecule has 7 heteroatoms. The quantitative estimate of drug-likeness (QED) is 0.872. The summed E-state index contributed by atoms with van der Waals surface area (Å²) in [5.41, 5.74) is -1.74. The van der Waals surface area contributed by atoms with Crippen molar-refractivity contribution < 1.29 is 13.2 Å². The summed E-state index contributed by atoms with van der Waals surface area (Å²) in [6.45, 7) is 3.47. The van der Waals surface area contributed by atoms with Gasteiger partial charge in [0.15, 0.2) is 0 Å². The third kappa shape index (κ3) is 2.38. The van der Waals surface area contributed by atoms with Crippen LogP contribution in [0.1, 0.15) is 16.8 Å². The van der Waals surface area contributed by atoms with Crippen LogP contribution in [0.25, 0.3) is 5.69 Å². The number of benzene rings is 1. The van der Waals surface area contributed by atoms with Crippen molar-refractivity contribution >= 4 is 0 Å². The van der Waals surface area contributed by atoms with E-state index in [0.29, 0.717) is 16.2 Å². The van der Waals surface area contributed by atoms with E-state index in [-0.39, 0.29) is 5.69 Å². The van der Waals surface area contributed by atoms with E-state index in [1.807, 2.05) is 0 Å². The molecule has 1 heterocycles. The Labute approximate surface area is 111 Å². The molecule has 0 aliphatic carbocycles. The van der Waals surface area contributed by atoms with Gasteiger partial charge in [-0.2, -0.15) is 13.2 Å². The molecule has 0 amide bonds. The predicted molar refractivity (Wildman–Crippen MR) is 67.1 cm³/mol. The summed E-state index contributed by atoms with van der Waals surface area (Å²) in [7, 11) is 0. The van der Waals surface area contributed by atoms with Gasteiger partial charge in [0, 0.05) is 6.07 Å². The number of hydrogen-bond donors (Lipinski definition) is 1. The fourth-order valence-corrected chi connectivity index (χ4v) is 1.85. The maximum Gasteiger partial charge on any atom is 0.431 e. The third-order valence-electron chi connectivity index (χ3n) is 3.06. The first-order chi connectivity index (χ1) is 9.21. The summed E-state index contributed by atoms with van der Waals surface area (Å²) in [6.07, 6.45) is -4.76. The van der Waals surface area contributed by atoms with Crippen LogP contribution < -0.4 is 11.2 Å². The summed E-state index contributed by atoms with van der Waals surface area (Å²) in [6, 6.07) is 5.29. The highest BCUT2D eigenvalue weighted by Gasteiger charge is 2.33. The molecule has 20 heavy (non-hydrogen) atoms. The Morgan fingerprint density at radius 1 is 1.15 bits per heavy atom. The lowest BCUT2D eigenvalue weighted by Gasteiger charge is -2.12. The molecule has 0 bridgehead atoms. The van der Waals surface area contributed by atoms with Gasteiger partial charge >= 0.3 is 11.9 Å². The number of H-pyrrole nitrogens is 1. The monoisotopic (exact) mass is 284 g/mol. The smallest absolute Gasteiger partial charge is 0.303 e. The second-order valence-electron chi connectivity index (χ2n) is 4.38. The fourth-order valence-electron chi connectivity index (χ4n) is 1.85. The van der Waals surface area contributed by atoms with Crippen LogP contribution in [-0.4, -0.2) is 9.55 Å². The van der Waals surface area contributed by atoms with E-state index in [0.717, 1.165) is 5.56 Å². The Morgan fingerprint density at radius 3 is 2.35 bits per heavy atom.